The number of benzene rings is 2. The van der Waals surface area contributed by atoms with Crippen LogP contribution < -0.4 is 11.5 Å². The number of hydrogen-bond acceptors (Lipinski definition) is 2. The number of rotatable bonds is 4. The highest BCUT2D eigenvalue weighted by Gasteiger charge is 2.14. The molecule has 2 nitrogen and oxygen atoms in total. The Morgan fingerprint density at radius 3 is 1.56 bits per heavy atom. The topological polar surface area (TPSA) is 52.0 Å². The van der Waals surface area contributed by atoms with E-state index in [9.17, 15) is 0 Å². The van der Waals surface area contributed by atoms with Crippen LogP contribution in [-0.2, 0) is 13.1 Å². The van der Waals surface area contributed by atoms with Gasteiger partial charge in [-0.05, 0) is 22.3 Å². The van der Waals surface area contributed by atoms with Crippen LogP contribution in [-0.4, -0.2) is 0 Å². The summed E-state index contributed by atoms with van der Waals surface area (Å²) >= 11 is 0. The van der Waals surface area contributed by atoms with Crippen LogP contribution in [0.4, 0.5) is 0 Å². The average Bonchev–Trinajstić information content (AvgIpc) is 2.46. The molecule has 2 heteroatoms. The Kier molecular flexibility index (Phi) is 4.13. The van der Waals surface area contributed by atoms with Gasteiger partial charge in [0.2, 0.25) is 0 Å². The Labute approximate surface area is 109 Å². The van der Waals surface area contributed by atoms with E-state index in [2.05, 4.69) is 43.3 Å². The zero-order valence-corrected chi connectivity index (χ0v) is 10.8. The second-order valence-electron chi connectivity index (χ2n) is 4.53. The zero-order chi connectivity index (χ0) is 13.0. The van der Waals surface area contributed by atoms with Crippen molar-refractivity contribution in [1.82, 2.24) is 0 Å². The van der Waals surface area contributed by atoms with Crippen LogP contribution in [0, 0.1) is 0 Å². The van der Waals surface area contributed by atoms with Gasteiger partial charge in [-0.2, -0.15) is 0 Å². The first-order chi connectivity index (χ1) is 8.77. The lowest BCUT2D eigenvalue weighted by Crippen LogP contribution is -2.09. The molecular weight excluding hydrogens is 220 g/mol. The SMILES string of the molecule is CC(c1ccccc1CN)c1ccccc1CN. The molecular formula is C16H20N2. The van der Waals surface area contributed by atoms with Crippen LogP contribution in [0.15, 0.2) is 48.5 Å². The van der Waals surface area contributed by atoms with Crippen molar-refractivity contribution in [2.45, 2.75) is 25.9 Å². The Hall–Kier alpha value is -1.64. The maximum Gasteiger partial charge on any atom is 0.0181 e. The summed E-state index contributed by atoms with van der Waals surface area (Å²) in [4.78, 5) is 0. The fourth-order valence-electron chi connectivity index (χ4n) is 2.45. The number of nitrogens with two attached hydrogens (primary N) is 2. The van der Waals surface area contributed by atoms with Crippen LogP contribution in [0.5, 0.6) is 0 Å². The molecule has 0 unspecified atom stereocenters. The van der Waals surface area contributed by atoms with Gasteiger partial charge >= 0.3 is 0 Å². The van der Waals surface area contributed by atoms with Gasteiger partial charge in [0.15, 0.2) is 0 Å². The molecule has 0 saturated carbocycles. The molecule has 0 aliphatic rings. The molecule has 0 radical (unpaired) electrons. The summed E-state index contributed by atoms with van der Waals surface area (Å²) in [7, 11) is 0. The van der Waals surface area contributed by atoms with E-state index < -0.39 is 0 Å². The summed E-state index contributed by atoms with van der Waals surface area (Å²) in [5.74, 6) is 0.324. The first-order valence-corrected chi connectivity index (χ1v) is 6.33. The quantitative estimate of drug-likeness (QED) is 0.863. The van der Waals surface area contributed by atoms with Crippen LogP contribution in [0.2, 0.25) is 0 Å². The molecule has 0 bridgehead atoms. The van der Waals surface area contributed by atoms with E-state index in [1.54, 1.807) is 0 Å². The van der Waals surface area contributed by atoms with E-state index in [0.29, 0.717) is 19.0 Å². The van der Waals surface area contributed by atoms with Crippen molar-refractivity contribution >= 4 is 0 Å². The molecule has 4 N–H and O–H groups in total. The monoisotopic (exact) mass is 240 g/mol. The van der Waals surface area contributed by atoms with Crippen molar-refractivity contribution in [2.24, 2.45) is 11.5 Å². The molecule has 0 spiro atoms. The normalized spacial score (nSPS) is 10.9. The van der Waals surface area contributed by atoms with Crippen molar-refractivity contribution in [3.8, 4) is 0 Å². The molecule has 0 amide bonds. The highest BCUT2D eigenvalue weighted by atomic mass is 14.5. The molecule has 0 aromatic heterocycles. The third-order valence-electron chi connectivity index (χ3n) is 3.48. The van der Waals surface area contributed by atoms with E-state index in [0.717, 1.165) is 0 Å². The van der Waals surface area contributed by atoms with Crippen molar-refractivity contribution < 1.29 is 0 Å². The minimum absolute atomic E-state index is 0.324. The van der Waals surface area contributed by atoms with Crippen molar-refractivity contribution in [2.75, 3.05) is 0 Å². The maximum atomic E-state index is 5.81. The second kappa shape index (κ2) is 5.80. The van der Waals surface area contributed by atoms with E-state index in [4.69, 9.17) is 11.5 Å². The molecule has 2 aromatic carbocycles. The third kappa shape index (κ3) is 2.45. The fraction of sp³-hybridized carbons (Fsp3) is 0.250. The summed E-state index contributed by atoms with van der Waals surface area (Å²) in [6.07, 6.45) is 0. The lowest BCUT2D eigenvalue weighted by atomic mass is 9.87. The minimum Gasteiger partial charge on any atom is -0.326 e. The average molecular weight is 240 g/mol. The van der Waals surface area contributed by atoms with Gasteiger partial charge in [-0.3, -0.25) is 0 Å². The van der Waals surface area contributed by atoms with Gasteiger partial charge < -0.3 is 11.5 Å². The predicted octanol–water partition coefficient (Wildman–Crippen LogP) is 2.76. The maximum absolute atomic E-state index is 5.81. The molecule has 0 aliphatic carbocycles. The summed E-state index contributed by atoms with van der Waals surface area (Å²) < 4.78 is 0. The molecule has 0 fully saturated rings. The van der Waals surface area contributed by atoms with Crippen LogP contribution in [0.25, 0.3) is 0 Å². The molecule has 0 heterocycles. The standard InChI is InChI=1S/C16H20N2/c1-12(15-8-4-2-6-13(15)10-17)16-9-5-3-7-14(16)11-18/h2-9,12H,10-11,17-18H2,1H3. The largest absolute Gasteiger partial charge is 0.326 e. The molecule has 0 atom stereocenters. The molecule has 94 valence electrons. The van der Waals surface area contributed by atoms with Crippen LogP contribution in [0.3, 0.4) is 0 Å². The summed E-state index contributed by atoms with van der Waals surface area (Å²) in [5, 5.41) is 0. The summed E-state index contributed by atoms with van der Waals surface area (Å²) in [6.45, 7) is 3.36. The fourth-order valence-corrected chi connectivity index (χ4v) is 2.45. The highest BCUT2D eigenvalue weighted by Crippen LogP contribution is 2.29. The third-order valence-corrected chi connectivity index (χ3v) is 3.48. The number of hydrogen-bond donors (Lipinski definition) is 2. The van der Waals surface area contributed by atoms with Crippen molar-refractivity contribution in [3.05, 3.63) is 70.8 Å². The Bertz CT molecular complexity index is 473. The first-order valence-electron chi connectivity index (χ1n) is 6.33. The molecule has 18 heavy (non-hydrogen) atoms. The molecule has 0 saturated heterocycles. The van der Waals surface area contributed by atoms with E-state index >= 15 is 0 Å². The van der Waals surface area contributed by atoms with E-state index in [-0.39, 0.29) is 0 Å². The van der Waals surface area contributed by atoms with E-state index in [1.165, 1.54) is 22.3 Å². The van der Waals surface area contributed by atoms with Crippen molar-refractivity contribution in [1.29, 1.82) is 0 Å². The Morgan fingerprint density at radius 2 is 1.17 bits per heavy atom. The highest BCUT2D eigenvalue weighted by molar-refractivity contribution is 5.40. The van der Waals surface area contributed by atoms with Gasteiger partial charge in [0.25, 0.3) is 0 Å². The van der Waals surface area contributed by atoms with Gasteiger partial charge in [-0.25, -0.2) is 0 Å². The van der Waals surface area contributed by atoms with Crippen molar-refractivity contribution in [3.63, 3.8) is 0 Å². The zero-order valence-electron chi connectivity index (χ0n) is 10.8. The van der Waals surface area contributed by atoms with E-state index in [1.807, 2.05) is 12.1 Å². The lowest BCUT2D eigenvalue weighted by Gasteiger charge is -2.19. The summed E-state index contributed by atoms with van der Waals surface area (Å²) in [6, 6.07) is 16.7. The predicted molar refractivity (Wildman–Crippen MR) is 76.2 cm³/mol. The summed E-state index contributed by atoms with van der Waals surface area (Å²) in [5.41, 5.74) is 16.6. The molecule has 2 rings (SSSR count). The van der Waals surface area contributed by atoms with Gasteiger partial charge in [-0.1, -0.05) is 55.5 Å². The van der Waals surface area contributed by atoms with Gasteiger partial charge in [0.1, 0.15) is 0 Å². The smallest absolute Gasteiger partial charge is 0.0181 e. The Morgan fingerprint density at radius 1 is 0.778 bits per heavy atom. The molecule has 0 aliphatic heterocycles. The minimum atomic E-state index is 0.324. The van der Waals surface area contributed by atoms with Crippen LogP contribution >= 0.6 is 0 Å². The van der Waals surface area contributed by atoms with Crippen LogP contribution in [0.1, 0.15) is 35.1 Å². The van der Waals surface area contributed by atoms with Gasteiger partial charge in [0.05, 0.1) is 0 Å². The van der Waals surface area contributed by atoms with Gasteiger partial charge in [0, 0.05) is 19.0 Å². The second-order valence-corrected chi connectivity index (χ2v) is 4.53. The Balaban J connectivity index is 2.44. The molecule has 2 aromatic rings. The first kappa shape index (κ1) is 12.8. The van der Waals surface area contributed by atoms with Gasteiger partial charge in [-0.15, -0.1) is 0 Å². The lowest BCUT2D eigenvalue weighted by molar-refractivity contribution is 0.860.